The van der Waals surface area contributed by atoms with Crippen LogP contribution in [0.1, 0.15) is 15.9 Å². The molecule has 0 amide bonds. The molecule has 1 aromatic carbocycles. The van der Waals surface area contributed by atoms with E-state index >= 15 is 0 Å². The molecule has 0 saturated carbocycles. The lowest BCUT2D eigenvalue weighted by Gasteiger charge is -2.12. The van der Waals surface area contributed by atoms with E-state index in [0.717, 1.165) is 0 Å². The third-order valence-electron chi connectivity index (χ3n) is 2.88. The second-order valence-corrected chi connectivity index (χ2v) is 6.71. The highest BCUT2D eigenvalue weighted by Gasteiger charge is 2.21. The number of carbonyl (C=O) groups is 1. The van der Waals surface area contributed by atoms with Crippen molar-refractivity contribution in [3.8, 4) is 0 Å². The molecule has 22 heavy (non-hydrogen) atoms. The Labute approximate surface area is 136 Å². The fourth-order valence-electron chi connectivity index (χ4n) is 1.78. The van der Waals surface area contributed by atoms with Crippen molar-refractivity contribution in [2.45, 2.75) is 11.8 Å². The SMILES string of the molecule is Cc1c(NS(=O)(=O)c2ccc(Cl)nc2Cl)cccc1C(=O)O. The van der Waals surface area contributed by atoms with Gasteiger partial charge in [0.1, 0.15) is 10.0 Å². The molecule has 0 aliphatic rings. The molecule has 0 radical (unpaired) electrons. The van der Waals surface area contributed by atoms with Gasteiger partial charge in [-0.3, -0.25) is 4.72 Å². The summed E-state index contributed by atoms with van der Waals surface area (Å²) in [5, 5.41) is 8.85. The van der Waals surface area contributed by atoms with Crippen molar-refractivity contribution in [2.24, 2.45) is 0 Å². The number of carboxylic acid groups (broad SMARTS) is 1. The molecule has 2 aromatic rings. The summed E-state index contributed by atoms with van der Waals surface area (Å²) in [6, 6.07) is 6.79. The van der Waals surface area contributed by atoms with Crippen LogP contribution in [0.2, 0.25) is 10.3 Å². The van der Waals surface area contributed by atoms with Crippen molar-refractivity contribution < 1.29 is 18.3 Å². The number of hydrogen-bond donors (Lipinski definition) is 2. The summed E-state index contributed by atoms with van der Waals surface area (Å²) in [7, 11) is -4.02. The molecule has 2 N–H and O–H groups in total. The van der Waals surface area contributed by atoms with E-state index in [1.807, 2.05) is 0 Å². The maximum atomic E-state index is 12.3. The number of sulfonamides is 1. The first-order chi connectivity index (χ1) is 10.2. The normalized spacial score (nSPS) is 11.2. The number of rotatable bonds is 4. The summed E-state index contributed by atoms with van der Waals surface area (Å²) < 4.78 is 27.0. The largest absolute Gasteiger partial charge is 0.478 e. The zero-order valence-corrected chi connectivity index (χ0v) is 13.5. The Morgan fingerprint density at radius 2 is 1.91 bits per heavy atom. The van der Waals surface area contributed by atoms with Crippen LogP contribution in [0.15, 0.2) is 35.2 Å². The minimum atomic E-state index is -4.02. The van der Waals surface area contributed by atoms with E-state index in [9.17, 15) is 13.2 Å². The van der Waals surface area contributed by atoms with Crippen LogP contribution in [0.4, 0.5) is 5.69 Å². The van der Waals surface area contributed by atoms with Crippen LogP contribution in [-0.2, 0) is 10.0 Å². The fraction of sp³-hybridized carbons (Fsp3) is 0.0769. The average Bonchev–Trinajstić information content (AvgIpc) is 2.40. The number of halogens is 2. The summed E-state index contributed by atoms with van der Waals surface area (Å²) in [5.41, 5.74) is 0.433. The summed E-state index contributed by atoms with van der Waals surface area (Å²) >= 11 is 11.4. The predicted molar refractivity (Wildman–Crippen MR) is 83.2 cm³/mol. The van der Waals surface area contributed by atoms with Crippen molar-refractivity contribution in [3.05, 3.63) is 51.8 Å². The third-order valence-corrected chi connectivity index (χ3v) is 4.89. The minimum Gasteiger partial charge on any atom is -0.478 e. The van der Waals surface area contributed by atoms with Gasteiger partial charge in [0.15, 0.2) is 5.15 Å². The van der Waals surface area contributed by atoms with Crippen LogP contribution in [-0.4, -0.2) is 24.5 Å². The Balaban J connectivity index is 2.46. The molecule has 0 unspecified atom stereocenters. The first-order valence-electron chi connectivity index (χ1n) is 5.90. The lowest BCUT2D eigenvalue weighted by molar-refractivity contribution is 0.0696. The molecule has 6 nitrogen and oxygen atoms in total. The number of nitrogens with one attached hydrogen (secondary N) is 1. The van der Waals surface area contributed by atoms with E-state index in [4.69, 9.17) is 28.3 Å². The molecule has 9 heteroatoms. The highest BCUT2D eigenvalue weighted by molar-refractivity contribution is 7.92. The molecule has 2 rings (SSSR count). The van der Waals surface area contributed by atoms with Crippen LogP contribution in [0.3, 0.4) is 0 Å². The summed E-state index contributed by atoms with van der Waals surface area (Å²) in [5.74, 6) is -1.15. The fourth-order valence-corrected chi connectivity index (χ4v) is 3.56. The number of carboxylic acids is 1. The van der Waals surface area contributed by atoms with Crippen molar-refractivity contribution in [2.75, 3.05) is 4.72 Å². The van der Waals surface area contributed by atoms with Gasteiger partial charge in [-0.2, -0.15) is 0 Å². The number of pyridine rings is 1. The van der Waals surface area contributed by atoms with Gasteiger partial charge in [0.2, 0.25) is 0 Å². The van der Waals surface area contributed by atoms with Gasteiger partial charge >= 0.3 is 5.97 Å². The molecule has 0 atom stereocenters. The standard InChI is InChI=1S/C13H10Cl2N2O4S/c1-7-8(13(18)19)3-2-4-9(7)17-22(20,21)10-5-6-11(14)16-12(10)15/h2-6,17H,1H3,(H,18,19). The molecule has 0 fully saturated rings. The molecule has 1 heterocycles. The monoisotopic (exact) mass is 360 g/mol. The molecule has 0 spiro atoms. The van der Waals surface area contributed by atoms with Crippen molar-refractivity contribution >= 4 is 44.9 Å². The molecule has 0 aliphatic heterocycles. The zero-order chi connectivity index (χ0) is 16.5. The number of anilines is 1. The maximum absolute atomic E-state index is 12.3. The third kappa shape index (κ3) is 3.32. The van der Waals surface area contributed by atoms with E-state index in [1.165, 1.54) is 37.3 Å². The maximum Gasteiger partial charge on any atom is 0.336 e. The highest BCUT2D eigenvalue weighted by Crippen LogP contribution is 2.26. The summed E-state index contributed by atoms with van der Waals surface area (Å²) in [6.07, 6.45) is 0. The van der Waals surface area contributed by atoms with Crippen molar-refractivity contribution in [1.82, 2.24) is 4.98 Å². The van der Waals surface area contributed by atoms with Crippen LogP contribution in [0.5, 0.6) is 0 Å². The number of aromatic nitrogens is 1. The van der Waals surface area contributed by atoms with Crippen molar-refractivity contribution in [3.63, 3.8) is 0 Å². The second-order valence-electron chi connectivity index (χ2n) is 4.31. The lowest BCUT2D eigenvalue weighted by atomic mass is 10.1. The molecular formula is C13H10Cl2N2O4S. The average molecular weight is 361 g/mol. The molecule has 116 valence electrons. The first kappa shape index (κ1) is 16.5. The van der Waals surface area contributed by atoms with Crippen LogP contribution >= 0.6 is 23.2 Å². The topological polar surface area (TPSA) is 96.4 Å². The smallest absolute Gasteiger partial charge is 0.336 e. The Bertz CT molecular complexity index is 853. The van der Waals surface area contributed by atoms with Crippen molar-refractivity contribution in [1.29, 1.82) is 0 Å². The summed E-state index contributed by atoms with van der Waals surface area (Å²) in [4.78, 5) is 14.5. The Morgan fingerprint density at radius 3 is 2.50 bits per heavy atom. The van der Waals surface area contributed by atoms with Crippen LogP contribution < -0.4 is 4.72 Å². The van der Waals surface area contributed by atoms with E-state index in [2.05, 4.69) is 9.71 Å². The van der Waals surface area contributed by atoms with Gasteiger partial charge in [0.05, 0.1) is 11.3 Å². The van der Waals surface area contributed by atoms with Gasteiger partial charge in [0.25, 0.3) is 10.0 Å². The Kier molecular flexibility index (Phi) is 4.60. The molecule has 0 aliphatic carbocycles. The van der Waals surface area contributed by atoms with E-state index < -0.39 is 16.0 Å². The molecule has 1 aromatic heterocycles. The quantitative estimate of drug-likeness (QED) is 0.816. The molecule has 0 saturated heterocycles. The summed E-state index contributed by atoms with van der Waals surface area (Å²) in [6.45, 7) is 1.50. The molecule has 0 bridgehead atoms. The van der Waals surface area contributed by atoms with E-state index in [-0.39, 0.29) is 32.0 Å². The van der Waals surface area contributed by atoms with E-state index in [1.54, 1.807) is 0 Å². The van der Waals surface area contributed by atoms with Gasteiger partial charge in [-0.1, -0.05) is 29.3 Å². The Morgan fingerprint density at radius 1 is 1.23 bits per heavy atom. The lowest BCUT2D eigenvalue weighted by Crippen LogP contribution is -2.15. The highest BCUT2D eigenvalue weighted by atomic mass is 35.5. The van der Waals surface area contributed by atoms with E-state index in [0.29, 0.717) is 0 Å². The number of benzene rings is 1. The van der Waals surface area contributed by atoms with Gasteiger partial charge in [0, 0.05) is 0 Å². The predicted octanol–water partition coefficient (Wildman–Crippen LogP) is 3.20. The van der Waals surface area contributed by atoms with Gasteiger partial charge in [-0.15, -0.1) is 0 Å². The first-order valence-corrected chi connectivity index (χ1v) is 8.14. The number of nitrogens with zero attached hydrogens (tertiary/aromatic N) is 1. The van der Waals surface area contributed by atoms with Gasteiger partial charge < -0.3 is 5.11 Å². The minimum absolute atomic E-state index is 0.000489. The number of aromatic carboxylic acids is 1. The second kappa shape index (κ2) is 6.12. The van der Waals surface area contributed by atoms with Crippen LogP contribution in [0.25, 0.3) is 0 Å². The van der Waals surface area contributed by atoms with Crippen LogP contribution in [0, 0.1) is 6.92 Å². The zero-order valence-electron chi connectivity index (χ0n) is 11.2. The van der Waals surface area contributed by atoms with Gasteiger partial charge in [-0.05, 0) is 36.8 Å². The Hall–Kier alpha value is -1.83. The van der Waals surface area contributed by atoms with Gasteiger partial charge in [-0.25, -0.2) is 18.2 Å². The number of hydrogen-bond acceptors (Lipinski definition) is 4. The molecular weight excluding hydrogens is 351 g/mol.